The number of benzene rings is 1. The van der Waals surface area contributed by atoms with Crippen LogP contribution in [0.25, 0.3) is 0 Å². The first kappa shape index (κ1) is 22.0. The molecule has 2 unspecified atom stereocenters. The molecule has 1 aromatic carbocycles. The number of rotatable bonds is 6. The predicted molar refractivity (Wildman–Crippen MR) is 113 cm³/mol. The van der Waals surface area contributed by atoms with Crippen LogP contribution < -0.4 is 15.4 Å². The van der Waals surface area contributed by atoms with E-state index in [4.69, 9.17) is 4.74 Å². The number of sulfone groups is 1. The number of aliphatic imine (C=N–C) groups is 1. The van der Waals surface area contributed by atoms with Gasteiger partial charge in [0.1, 0.15) is 15.6 Å². The van der Waals surface area contributed by atoms with Crippen LogP contribution in [0.15, 0.2) is 29.3 Å². The van der Waals surface area contributed by atoms with Crippen molar-refractivity contribution in [2.75, 3.05) is 32.2 Å². The zero-order valence-electron chi connectivity index (χ0n) is 15.0. The quantitative estimate of drug-likeness (QED) is 0.370. The van der Waals surface area contributed by atoms with E-state index < -0.39 is 9.84 Å². The summed E-state index contributed by atoms with van der Waals surface area (Å²) in [6.45, 7) is 3.45. The molecule has 0 aliphatic carbocycles. The van der Waals surface area contributed by atoms with Crippen molar-refractivity contribution in [1.82, 2.24) is 10.6 Å². The molecule has 0 fully saturated rings. The number of guanidine groups is 1. The number of nitrogens with zero attached hydrogens (tertiary/aromatic N) is 1. The Morgan fingerprint density at radius 3 is 2.80 bits per heavy atom. The van der Waals surface area contributed by atoms with E-state index in [1.54, 1.807) is 7.05 Å². The summed E-state index contributed by atoms with van der Waals surface area (Å²) < 4.78 is 28.2. The summed E-state index contributed by atoms with van der Waals surface area (Å²) in [7, 11) is -1.22. The standard InChI is InChI=1S/C17H27N3O3S.HI/c1-13(9-11-24(3,21)22)20-17(18-2)19-12-14-8-10-23-16-7-5-4-6-15(14)16;/h4-7,13-14H,8-12H2,1-3H3,(H2,18,19,20);1H. The molecule has 0 bridgehead atoms. The third-order valence-corrected chi connectivity index (χ3v) is 5.10. The van der Waals surface area contributed by atoms with Crippen molar-refractivity contribution < 1.29 is 13.2 Å². The van der Waals surface area contributed by atoms with Gasteiger partial charge in [0.25, 0.3) is 0 Å². The van der Waals surface area contributed by atoms with Crippen LogP contribution in [0.4, 0.5) is 0 Å². The van der Waals surface area contributed by atoms with Crippen LogP contribution in [0.1, 0.15) is 31.2 Å². The van der Waals surface area contributed by atoms with Gasteiger partial charge in [-0.15, -0.1) is 24.0 Å². The maximum Gasteiger partial charge on any atom is 0.191 e. The molecule has 8 heteroatoms. The lowest BCUT2D eigenvalue weighted by molar-refractivity contribution is 0.267. The Balaban J connectivity index is 0.00000312. The summed E-state index contributed by atoms with van der Waals surface area (Å²) in [6.07, 6.45) is 2.78. The van der Waals surface area contributed by atoms with E-state index >= 15 is 0 Å². The summed E-state index contributed by atoms with van der Waals surface area (Å²) >= 11 is 0. The number of hydrogen-bond acceptors (Lipinski definition) is 4. The summed E-state index contributed by atoms with van der Waals surface area (Å²) in [5, 5.41) is 6.59. The lowest BCUT2D eigenvalue weighted by Gasteiger charge is -2.27. The molecule has 1 aromatic rings. The Labute approximate surface area is 167 Å². The largest absolute Gasteiger partial charge is 0.493 e. The highest BCUT2D eigenvalue weighted by atomic mass is 127. The van der Waals surface area contributed by atoms with Crippen LogP contribution in [0.2, 0.25) is 0 Å². The highest BCUT2D eigenvalue weighted by molar-refractivity contribution is 14.0. The first-order valence-electron chi connectivity index (χ1n) is 8.25. The molecule has 1 aliphatic heterocycles. The number of fused-ring (bicyclic) bond motifs is 1. The monoisotopic (exact) mass is 481 g/mol. The number of para-hydroxylation sites is 1. The summed E-state index contributed by atoms with van der Waals surface area (Å²) in [5.41, 5.74) is 1.22. The SMILES string of the molecule is CN=C(NCC1CCOc2ccccc21)NC(C)CCS(C)(=O)=O.I. The number of hydrogen-bond donors (Lipinski definition) is 2. The average Bonchev–Trinajstić information content (AvgIpc) is 2.56. The van der Waals surface area contributed by atoms with E-state index in [2.05, 4.69) is 21.7 Å². The minimum atomic E-state index is -2.94. The average molecular weight is 481 g/mol. The second-order valence-electron chi connectivity index (χ2n) is 6.29. The fourth-order valence-corrected chi connectivity index (χ4v) is 3.52. The van der Waals surface area contributed by atoms with Gasteiger partial charge < -0.3 is 15.4 Å². The predicted octanol–water partition coefficient (Wildman–Crippen LogP) is 2.16. The van der Waals surface area contributed by atoms with Crippen LogP contribution >= 0.6 is 24.0 Å². The van der Waals surface area contributed by atoms with Crippen molar-refractivity contribution in [3.8, 4) is 5.75 Å². The van der Waals surface area contributed by atoms with E-state index in [9.17, 15) is 8.42 Å². The molecule has 2 rings (SSSR count). The molecule has 1 heterocycles. The molecular weight excluding hydrogens is 453 g/mol. The Kier molecular flexibility index (Phi) is 8.98. The third kappa shape index (κ3) is 7.39. The fourth-order valence-electron chi connectivity index (χ4n) is 2.74. The summed E-state index contributed by atoms with van der Waals surface area (Å²) in [6, 6.07) is 8.15. The molecule has 0 aromatic heterocycles. The second-order valence-corrected chi connectivity index (χ2v) is 8.55. The topological polar surface area (TPSA) is 79.8 Å². The minimum absolute atomic E-state index is 0. The van der Waals surface area contributed by atoms with Crippen LogP contribution in [0.5, 0.6) is 5.75 Å². The van der Waals surface area contributed by atoms with Gasteiger partial charge in [-0.3, -0.25) is 4.99 Å². The number of ether oxygens (including phenoxy) is 1. The molecular formula is C17H28IN3O3S. The maximum atomic E-state index is 11.3. The highest BCUT2D eigenvalue weighted by Gasteiger charge is 2.21. The van der Waals surface area contributed by atoms with Gasteiger partial charge in [-0.05, 0) is 31.4 Å². The van der Waals surface area contributed by atoms with E-state index in [0.717, 1.165) is 25.3 Å². The van der Waals surface area contributed by atoms with Crippen LogP contribution in [-0.4, -0.2) is 52.6 Å². The maximum absolute atomic E-state index is 11.3. The molecule has 0 radical (unpaired) electrons. The van der Waals surface area contributed by atoms with Gasteiger partial charge in [-0.2, -0.15) is 0 Å². The molecule has 25 heavy (non-hydrogen) atoms. The molecule has 2 N–H and O–H groups in total. The van der Waals surface area contributed by atoms with Crippen molar-refractivity contribution >= 4 is 39.8 Å². The van der Waals surface area contributed by atoms with Crippen molar-refractivity contribution in [2.45, 2.75) is 31.7 Å². The summed E-state index contributed by atoms with van der Waals surface area (Å²) in [5.74, 6) is 2.20. The lowest BCUT2D eigenvalue weighted by atomic mass is 9.93. The Hall–Kier alpha value is -1.03. The molecule has 6 nitrogen and oxygen atoms in total. The first-order chi connectivity index (χ1) is 11.4. The second kappa shape index (κ2) is 10.2. The van der Waals surface area contributed by atoms with E-state index in [-0.39, 0.29) is 35.8 Å². The van der Waals surface area contributed by atoms with Crippen molar-refractivity contribution in [3.05, 3.63) is 29.8 Å². The smallest absolute Gasteiger partial charge is 0.191 e. The van der Waals surface area contributed by atoms with E-state index in [1.807, 2.05) is 25.1 Å². The highest BCUT2D eigenvalue weighted by Crippen LogP contribution is 2.32. The minimum Gasteiger partial charge on any atom is -0.493 e. The molecule has 142 valence electrons. The van der Waals surface area contributed by atoms with Crippen LogP contribution in [0, 0.1) is 0 Å². The molecule has 0 saturated carbocycles. The van der Waals surface area contributed by atoms with Crippen LogP contribution in [-0.2, 0) is 9.84 Å². The van der Waals surface area contributed by atoms with Gasteiger partial charge in [-0.25, -0.2) is 8.42 Å². The normalized spacial score (nSPS) is 18.4. The zero-order valence-corrected chi connectivity index (χ0v) is 18.1. The lowest BCUT2D eigenvalue weighted by Crippen LogP contribution is -2.44. The van der Waals surface area contributed by atoms with Crippen LogP contribution in [0.3, 0.4) is 0 Å². The van der Waals surface area contributed by atoms with Gasteiger partial charge in [0.05, 0.1) is 12.4 Å². The zero-order chi connectivity index (χ0) is 17.6. The molecule has 1 aliphatic rings. The first-order valence-corrected chi connectivity index (χ1v) is 10.3. The molecule has 0 amide bonds. The summed E-state index contributed by atoms with van der Waals surface area (Å²) in [4.78, 5) is 4.23. The van der Waals surface area contributed by atoms with E-state index in [1.165, 1.54) is 11.8 Å². The Bertz CT molecular complexity index is 679. The van der Waals surface area contributed by atoms with Crippen molar-refractivity contribution in [3.63, 3.8) is 0 Å². The van der Waals surface area contributed by atoms with Gasteiger partial charge in [0, 0.05) is 31.8 Å². The van der Waals surface area contributed by atoms with Gasteiger partial charge in [0.15, 0.2) is 5.96 Å². The third-order valence-electron chi connectivity index (χ3n) is 4.13. The molecule has 2 atom stereocenters. The van der Waals surface area contributed by atoms with Gasteiger partial charge >= 0.3 is 0 Å². The molecule has 0 saturated heterocycles. The Morgan fingerprint density at radius 2 is 2.12 bits per heavy atom. The van der Waals surface area contributed by atoms with Crippen molar-refractivity contribution in [1.29, 1.82) is 0 Å². The van der Waals surface area contributed by atoms with Crippen molar-refractivity contribution in [2.24, 2.45) is 4.99 Å². The number of nitrogens with one attached hydrogen (secondary N) is 2. The Morgan fingerprint density at radius 1 is 1.40 bits per heavy atom. The van der Waals surface area contributed by atoms with Gasteiger partial charge in [0.2, 0.25) is 0 Å². The molecule has 0 spiro atoms. The fraction of sp³-hybridized carbons (Fsp3) is 0.588. The van der Waals surface area contributed by atoms with E-state index in [0.29, 0.717) is 18.3 Å². The number of halogens is 1. The van der Waals surface area contributed by atoms with Gasteiger partial charge in [-0.1, -0.05) is 18.2 Å².